The van der Waals surface area contributed by atoms with E-state index in [1.54, 1.807) is 12.1 Å². The molecule has 7 heteroatoms. The molecule has 0 atom stereocenters. The molecule has 26 heavy (non-hydrogen) atoms. The monoisotopic (exact) mass is 378 g/mol. The van der Waals surface area contributed by atoms with Crippen LogP contribution in [0.15, 0.2) is 18.2 Å². The number of hydrogen-bond donors (Lipinski definition) is 1. The molecule has 1 aliphatic carbocycles. The number of nitrogens with zero attached hydrogens (tertiary/aromatic N) is 1. The van der Waals surface area contributed by atoms with Gasteiger partial charge in [-0.2, -0.15) is 5.26 Å². The van der Waals surface area contributed by atoms with Crippen molar-refractivity contribution in [1.29, 1.82) is 5.26 Å². The standard InChI is InChI=1S/C19H23ClN2O4/c1-14-11-15(6-7-16(14)20)25-10-4-5-18(24)26-12-17(23)22-19(13-21)8-2-3-9-19/h6-7,11H,2-5,8-10,12H2,1H3,(H,22,23). The van der Waals surface area contributed by atoms with Crippen LogP contribution in [0.5, 0.6) is 5.75 Å². The van der Waals surface area contributed by atoms with Crippen molar-refractivity contribution in [1.82, 2.24) is 5.32 Å². The number of nitrogens with one attached hydrogen (secondary N) is 1. The Bertz CT molecular complexity index is 693. The van der Waals surface area contributed by atoms with E-state index in [-0.39, 0.29) is 13.0 Å². The van der Waals surface area contributed by atoms with Crippen LogP contribution in [-0.2, 0) is 14.3 Å². The van der Waals surface area contributed by atoms with Gasteiger partial charge in [0.05, 0.1) is 12.7 Å². The molecular formula is C19H23ClN2O4. The van der Waals surface area contributed by atoms with E-state index in [1.807, 2.05) is 13.0 Å². The zero-order chi connectivity index (χ0) is 19.0. The Hall–Kier alpha value is -2.26. The molecule has 1 amide bonds. The third-order valence-electron chi connectivity index (χ3n) is 4.34. The van der Waals surface area contributed by atoms with E-state index < -0.39 is 17.4 Å². The Balaban J connectivity index is 1.62. The Morgan fingerprint density at radius 1 is 1.35 bits per heavy atom. The fourth-order valence-electron chi connectivity index (χ4n) is 2.88. The number of carbonyl (C=O) groups excluding carboxylic acids is 2. The molecule has 2 rings (SSSR count). The van der Waals surface area contributed by atoms with Gasteiger partial charge in [0.2, 0.25) is 0 Å². The summed E-state index contributed by atoms with van der Waals surface area (Å²) in [7, 11) is 0. The minimum atomic E-state index is -0.798. The number of carbonyl (C=O) groups is 2. The summed E-state index contributed by atoms with van der Waals surface area (Å²) in [6, 6.07) is 7.53. The second-order valence-electron chi connectivity index (χ2n) is 6.47. The molecule has 1 saturated carbocycles. The van der Waals surface area contributed by atoms with Gasteiger partial charge in [-0.15, -0.1) is 0 Å². The predicted octanol–water partition coefficient (Wildman–Crippen LogP) is 3.30. The molecule has 1 fully saturated rings. The largest absolute Gasteiger partial charge is 0.494 e. The second kappa shape index (κ2) is 9.44. The maximum atomic E-state index is 11.9. The SMILES string of the molecule is Cc1cc(OCCCC(=O)OCC(=O)NC2(C#N)CCCC2)ccc1Cl. The Labute approximate surface area is 158 Å². The molecule has 140 valence electrons. The number of hydrogen-bond acceptors (Lipinski definition) is 5. The molecule has 1 aromatic carbocycles. The number of ether oxygens (including phenoxy) is 2. The van der Waals surface area contributed by atoms with Crippen molar-refractivity contribution in [2.45, 2.75) is 51.0 Å². The van der Waals surface area contributed by atoms with Crippen LogP contribution in [-0.4, -0.2) is 30.6 Å². The number of amides is 1. The van der Waals surface area contributed by atoms with Crippen LogP contribution < -0.4 is 10.1 Å². The summed E-state index contributed by atoms with van der Waals surface area (Å²) < 4.78 is 10.5. The summed E-state index contributed by atoms with van der Waals surface area (Å²) in [6.45, 7) is 1.89. The van der Waals surface area contributed by atoms with Crippen molar-refractivity contribution in [3.63, 3.8) is 0 Å². The summed E-state index contributed by atoms with van der Waals surface area (Å²) in [5, 5.41) is 12.6. The molecule has 0 aliphatic heterocycles. The average Bonchev–Trinajstić information content (AvgIpc) is 3.09. The minimum absolute atomic E-state index is 0.156. The molecule has 0 radical (unpaired) electrons. The van der Waals surface area contributed by atoms with Crippen LogP contribution in [0.25, 0.3) is 0 Å². The molecule has 0 aromatic heterocycles. The van der Waals surface area contributed by atoms with Crippen molar-refractivity contribution in [2.75, 3.05) is 13.2 Å². The topological polar surface area (TPSA) is 88.4 Å². The fraction of sp³-hybridized carbons (Fsp3) is 0.526. The van der Waals surface area contributed by atoms with Crippen LogP contribution in [0.3, 0.4) is 0 Å². The molecule has 1 aromatic rings. The molecule has 0 heterocycles. The van der Waals surface area contributed by atoms with E-state index in [4.69, 9.17) is 21.1 Å². The van der Waals surface area contributed by atoms with Crippen molar-refractivity contribution in [3.05, 3.63) is 28.8 Å². The molecule has 6 nitrogen and oxygen atoms in total. The highest BCUT2D eigenvalue weighted by Gasteiger charge is 2.35. The molecule has 0 spiro atoms. The van der Waals surface area contributed by atoms with E-state index in [2.05, 4.69) is 11.4 Å². The van der Waals surface area contributed by atoms with Crippen LogP contribution in [0.2, 0.25) is 5.02 Å². The van der Waals surface area contributed by atoms with E-state index in [0.717, 1.165) is 18.4 Å². The molecule has 0 saturated heterocycles. The van der Waals surface area contributed by atoms with E-state index in [0.29, 0.717) is 36.6 Å². The first-order chi connectivity index (χ1) is 12.4. The van der Waals surface area contributed by atoms with Gasteiger partial charge >= 0.3 is 5.97 Å². The van der Waals surface area contributed by atoms with Gasteiger partial charge in [-0.1, -0.05) is 11.6 Å². The smallest absolute Gasteiger partial charge is 0.306 e. The number of esters is 1. The number of rotatable bonds is 8. The van der Waals surface area contributed by atoms with Crippen molar-refractivity contribution < 1.29 is 19.1 Å². The third kappa shape index (κ3) is 5.92. The van der Waals surface area contributed by atoms with Gasteiger partial charge in [0.1, 0.15) is 11.3 Å². The summed E-state index contributed by atoms with van der Waals surface area (Å²) in [5.41, 5.74) is 0.126. The van der Waals surface area contributed by atoms with Gasteiger partial charge in [0.15, 0.2) is 6.61 Å². The van der Waals surface area contributed by atoms with Crippen LogP contribution in [0.4, 0.5) is 0 Å². The molecular weight excluding hydrogens is 356 g/mol. The summed E-state index contributed by atoms with van der Waals surface area (Å²) in [4.78, 5) is 23.6. The number of benzene rings is 1. The van der Waals surface area contributed by atoms with Gasteiger partial charge in [0, 0.05) is 11.4 Å². The Morgan fingerprint density at radius 3 is 2.73 bits per heavy atom. The van der Waals surface area contributed by atoms with Gasteiger partial charge in [-0.3, -0.25) is 9.59 Å². The second-order valence-corrected chi connectivity index (χ2v) is 6.88. The lowest BCUT2D eigenvalue weighted by Crippen LogP contribution is -2.46. The van der Waals surface area contributed by atoms with Gasteiger partial charge < -0.3 is 14.8 Å². The maximum Gasteiger partial charge on any atom is 0.306 e. The zero-order valence-electron chi connectivity index (χ0n) is 14.8. The third-order valence-corrected chi connectivity index (χ3v) is 4.76. The molecule has 1 N–H and O–H groups in total. The highest BCUT2D eigenvalue weighted by Crippen LogP contribution is 2.28. The Kier molecular flexibility index (Phi) is 7.28. The van der Waals surface area contributed by atoms with Crippen molar-refractivity contribution in [2.24, 2.45) is 0 Å². The lowest BCUT2D eigenvalue weighted by Gasteiger charge is -2.21. The predicted molar refractivity (Wildman–Crippen MR) is 96.8 cm³/mol. The number of nitriles is 1. The molecule has 1 aliphatic rings. The first kappa shape index (κ1) is 20.1. The van der Waals surface area contributed by atoms with Crippen LogP contribution >= 0.6 is 11.6 Å². The lowest BCUT2D eigenvalue weighted by molar-refractivity contribution is -0.149. The fourth-order valence-corrected chi connectivity index (χ4v) is 3.00. The average molecular weight is 379 g/mol. The zero-order valence-corrected chi connectivity index (χ0v) is 15.6. The van der Waals surface area contributed by atoms with Crippen LogP contribution in [0, 0.1) is 18.3 Å². The highest BCUT2D eigenvalue weighted by atomic mass is 35.5. The number of aryl methyl sites for hydroxylation is 1. The van der Waals surface area contributed by atoms with E-state index >= 15 is 0 Å². The molecule has 0 unspecified atom stereocenters. The number of halogens is 1. The van der Waals surface area contributed by atoms with Gasteiger partial charge in [-0.05, 0) is 62.8 Å². The van der Waals surface area contributed by atoms with E-state index in [1.165, 1.54) is 0 Å². The van der Waals surface area contributed by atoms with Gasteiger partial charge in [-0.25, -0.2) is 0 Å². The van der Waals surface area contributed by atoms with Crippen molar-refractivity contribution >= 4 is 23.5 Å². The van der Waals surface area contributed by atoms with E-state index in [9.17, 15) is 14.9 Å². The van der Waals surface area contributed by atoms with Gasteiger partial charge in [0.25, 0.3) is 5.91 Å². The normalized spacial score (nSPS) is 15.1. The van der Waals surface area contributed by atoms with Crippen LogP contribution in [0.1, 0.15) is 44.1 Å². The Morgan fingerprint density at radius 2 is 2.08 bits per heavy atom. The van der Waals surface area contributed by atoms with Crippen molar-refractivity contribution in [3.8, 4) is 11.8 Å². The summed E-state index contributed by atoms with van der Waals surface area (Å²) in [6.07, 6.45) is 3.75. The minimum Gasteiger partial charge on any atom is -0.494 e. The first-order valence-corrected chi connectivity index (χ1v) is 9.09. The summed E-state index contributed by atoms with van der Waals surface area (Å²) >= 11 is 5.95. The quantitative estimate of drug-likeness (QED) is 0.553. The highest BCUT2D eigenvalue weighted by molar-refractivity contribution is 6.31. The maximum absolute atomic E-state index is 11.9. The first-order valence-electron chi connectivity index (χ1n) is 8.71. The lowest BCUT2D eigenvalue weighted by atomic mass is 10.00. The molecule has 0 bridgehead atoms. The summed E-state index contributed by atoms with van der Waals surface area (Å²) in [5.74, 6) is -0.207.